The lowest BCUT2D eigenvalue weighted by Crippen LogP contribution is -2.42. The van der Waals surface area contributed by atoms with Crippen molar-refractivity contribution in [3.63, 3.8) is 0 Å². The van der Waals surface area contributed by atoms with Crippen LogP contribution in [0.5, 0.6) is 0 Å². The van der Waals surface area contributed by atoms with Crippen molar-refractivity contribution in [2.24, 2.45) is 29.6 Å². The van der Waals surface area contributed by atoms with E-state index in [1.54, 1.807) is 0 Å². The third-order valence-corrected chi connectivity index (χ3v) is 6.65. The first kappa shape index (κ1) is 13.8. The Kier molecular flexibility index (Phi) is 3.57. The molecule has 0 aromatic heterocycles. The molecule has 3 aliphatic rings. The van der Waals surface area contributed by atoms with Gasteiger partial charge < -0.3 is 5.32 Å². The van der Waals surface area contributed by atoms with Crippen molar-refractivity contribution in [2.45, 2.75) is 58.0 Å². The first-order valence-corrected chi connectivity index (χ1v) is 9.05. The maximum absolute atomic E-state index is 4.08. The van der Waals surface area contributed by atoms with Gasteiger partial charge in [-0.2, -0.15) is 0 Å². The van der Waals surface area contributed by atoms with Gasteiger partial charge in [0.05, 0.1) is 0 Å². The average molecular weight is 283 g/mol. The fourth-order valence-corrected chi connectivity index (χ4v) is 5.82. The summed E-state index contributed by atoms with van der Waals surface area (Å²) < 4.78 is 0. The highest BCUT2D eigenvalue weighted by atomic mass is 15.0. The van der Waals surface area contributed by atoms with E-state index in [-0.39, 0.29) is 0 Å². The minimum atomic E-state index is 0.524. The highest BCUT2D eigenvalue weighted by molar-refractivity contribution is 5.20. The molecule has 21 heavy (non-hydrogen) atoms. The van der Waals surface area contributed by atoms with E-state index in [1.165, 1.54) is 37.7 Å². The maximum Gasteiger partial charge on any atom is 0.0345 e. The molecule has 3 fully saturated rings. The standard InChI is InChI=1S/C20H29N/c1-13(2)20(14-7-4-3-5-8-14)21-19-12-15-11-18(19)17-10-6-9-16(15)17/h3-5,7-8,13,15-21H,6,9-12H2,1-2H3. The van der Waals surface area contributed by atoms with Gasteiger partial charge in [0.2, 0.25) is 0 Å². The van der Waals surface area contributed by atoms with Crippen molar-refractivity contribution in [1.82, 2.24) is 5.32 Å². The van der Waals surface area contributed by atoms with Gasteiger partial charge in [-0.05, 0) is 60.8 Å². The zero-order chi connectivity index (χ0) is 14.4. The first-order valence-electron chi connectivity index (χ1n) is 9.05. The summed E-state index contributed by atoms with van der Waals surface area (Å²) in [6.07, 6.45) is 7.52. The van der Waals surface area contributed by atoms with Gasteiger partial charge in [0, 0.05) is 12.1 Å². The molecule has 1 nitrogen and oxygen atoms in total. The molecule has 0 aliphatic heterocycles. The Labute approximate surface area is 129 Å². The summed E-state index contributed by atoms with van der Waals surface area (Å²) in [5, 5.41) is 4.08. The van der Waals surface area contributed by atoms with Crippen LogP contribution in [0.3, 0.4) is 0 Å². The second kappa shape index (κ2) is 5.43. The van der Waals surface area contributed by atoms with Crippen LogP contribution in [0.15, 0.2) is 30.3 Å². The zero-order valence-electron chi connectivity index (χ0n) is 13.5. The summed E-state index contributed by atoms with van der Waals surface area (Å²) >= 11 is 0. The van der Waals surface area contributed by atoms with E-state index in [2.05, 4.69) is 49.5 Å². The van der Waals surface area contributed by atoms with Crippen LogP contribution >= 0.6 is 0 Å². The molecule has 1 heteroatoms. The van der Waals surface area contributed by atoms with Crippen molar-refractivity contribution in [3.05, 3.63) is 35.9 Å². The molecule has 1 N–H and O–H groups in total. The van der Waals surface area contributed by atoms with Gasteiger partial charge >= 0.3 is 0 Å². The molecule has 0 heterocycles. The van der Waals surface area contributed by atoms with Gasteiger partial charge in [0.25, 0.3) is 0 Å². The molecular weight excluding hydrogens is 254 g/mol. The quantitative estimate of drug-likeness (QED) is 0.837. The van der Waals surface area contributed by atoms with E-state index in [1.807, 2.05) is 0 Å². The highest BCUT2D eigenvalue weighted by Crippen LogP contribution is 2.59. The molecule has 3 saturated carbocycles. The fourth-order valence-electron chi connectivity index (χ4n) is 5.82. The number of fused-ring (bicyclic) bond motifs is 5. The third-order valence-electron chi connectivity index (χ3n) is 6.65. The Morgan fingerprint density at radius 1 is 0.952 bits per heavy atom. The number of benzene rings is 1. The fraction of sp³-hybridized carbons (Fsp3) is 0.700. The normalized spacial score (nSPS) is 38.9. The smallest absolute Gasteiger partial charge is 0.0345 e. The van der Waals surface area contributed by atoms with E-state index in [9.17, 15) is 0 Å². The lowest BCUT2D eigenvalue weighted by molar-refractivity contribution is 0.188. The van der Waals surface area contributed by atoms with E-state index in [0.29, 0.717) is 12.0 Å². The van der Waals surface area contributed by atoms with Crippen LogP contribution in [-0.2, 0) is 0 Å². The summed E-state index contributed by atoms with van der Waals surface area (Å²) in [7, 11) is 0. The summed E-state index contributed by atoms with van der Waals surface area (Å²) in [5.74, 6) is 4.84. The predicted molar refractivity (Wildman–Crippen MR) is 88.0 cm³/mol. The van der Waals surface area contributed by atoms with Crippen LogP contribution < -0.4 is 5.32 Å². The van der Waals surface area contributed by atoms with Crippen molar-refractivity contribution in [2.75, 3.05) is 0 Å². The number of nitrogens with one attached hydrogen (secondary N) is 1. The summed E-state index contributed by atoms with van der Waals surface area (Å²) in [6.45, 7) is 4.71. The van der Waals surface area contributed by atoms with Crippen LogP contribution in [0, 0.1) is 29.6 Å². The van der Waals surface area contributed by atoms with Crippen LogP contribution in [-0.4, -0.2) is 6.04 Å². The van der Waals surface area contributed by atoms with E-state index >= 15 is 0 Å². The summed E-state index contributed by atoms with van der Waals surface area (Å²) in [6, 6.07) is 12.4. The summed E-state index contributed by atoms with van der Waals surface area (Å²) in [5.41, 5.74) is 1.47. The number of hydrogen-bond donors (Lipinski definition) is 1. The molecule has 0 spiro atoms. The zero-order valence-corrected chi connectivity index (χ0v) is 13.5. The largest absolute Gasteiger partial charge is 0.307 e. The Bertz CT molecular complexity index is 480. The van der Waals surface area contributed by atoms with Gasteiger partial charge in [0.15, 0.2) is 0 Å². The van der Waals surface area contributed by atoms with Crippen molar-refractivity contribution in [3.8, 4) is 0 Å². The molecule has 0 saturated heterocycles. The maximum atomic E-state index is 4.08. The topological polar surface area (TPSA) is 12.0 Å². The first-order chi connectivity index (χ1) is 10.2. The molecule has 114 valence electrons. The van der Waals surface area contributed by atoms with Crippen molar-refractivity contribution >= 4 is 0 Å². The Balaban J connectivity index is 1.50. The molecular formula is C20H29N. The number of hydrogen-bond acceptors (Lipinski definition) is 1. The molecule has 0 radical (unpaired) electrons. The molecule has 1 aromatic carbocycles. The molecule has 6 atom stereocenters. The Morgan fingerprint density at radius 2 is 1.71 bits per heavy atom. The summed E-state index contributed by atoms with van der Waals surface area (Å²) in [4.78, 5) is 0. The minimum absolute atomic E-state index is 0.524. The van der Waals surface area contributed by atoms with Gasteiger partial charge in [-0.1, -0.05) is 50.6 Å². The Hall–Kier alpha value is -0.820. The van der Waals surface area contributed by atoms with Crippen molar-refractivity contribution in [1.29, 1.82) is 0 Å². The monoisotopic (exact) mass is 283 g/mol. The average Bonchev–Trinajstić information content (AvgIpc) is 3.17. The predicted octanol–water partition coefficient (Wildman–Crippen LogP) is 4.80. The van der Waals surface area contributed by atoms with Crippen LogP contribution in [0.25, 0.3) is 0 Å². The van der Waals surface area contributed by atoms with E-state index < -0.39 is 0 Å². The van der Waals surface area contributed by atoms with Crippen LogP contribution in [0.4, 0.5) is 0 Å². The molecule has 6 unspecified atom stereocenters. The molecule has 3 aliphatic carbocycles. The second-order valence-corrected chi connectivity index (χ2v) is 8.06. The Morgan fingerprint density at radius 3 is 2.48 bits per heavy atom. The van der Waals surface area contributed by atoms with E-state index in [4.69, 9.17) is 0 Å². The van der Waals surface area contributed by atoms with Gasteiger partial charge in [-0.15, -0.1) is 0 Å². The SMILES string of the molecule is CC(C)C(NC1CC2CC1C1CCCC21)c1ccccc1. The van der Waals surface area contributed by atoms with Crippen LogP contribution in [0.2, 0.25) is 0 Å². The van der Waals surface area contributed by atoms with Crippen LogP contribution in [0.1, 0.15) is 57.6 Å². The second-order valence-electron chi connectivity index (χ2n) is 8.06. The molecule has 0 amide bonds. The molecule has 1 aromatic rings. The van der Waals surface area contributed by atoms with Gasteiger partial charge in [-0.3, -0.25) is 0 Å². The van der Waals surface area contributed by atoms with Gasteiger partial charge in [-0.25, -0.2) is 0 Å². The van der Waals surface area contributed by atoms with Crippen molar-refractivity contribution < 1.29 is 0 Å². The van der Waals surface area contributed by atoms with E-state index in [0.717, 1.165) is 29.7 Å². The minimum Gasteiger partial charge on any atom is -0.307 e. The third kappa shape index (κ3) is 2.34. The molecule has 4 rings (SSSR count). The lowest BCUT2D eigenvalue weighted by Gasteiger charge is -2.36. The lowest BCUT2D eigenvalue weighted by atomic mass is 9.78. The van der Waals surface area contributed by atoms with Gasteiger partial charge in [0.1, 0.15) is 0 Å². The highest BCUT2D eigenvalue weighted by Gasteiger charge is 2.53. The number of rotatable bonds is 4. The molecule has 2 bridgehead atoms.